The molecule has 2 N–H and O–H groups in total. The summed E-state index contributed by atoms with van der Waals surface area (Å²) in [6.07, 6.45) is 5.18. The third kappa shape index (κ3) is 6.19. The second kappa shape index (κ2) is 10.1. The molecule has 1 aromatic carbocycles. The zero-order chi connectivity index (χ0) is 15.1. The highest BCUT2D eigenvalue weighted by molar-refractivity contribution is 7.98. The van der Waals surface area contributed by atoms with E-state index in [9.17, 15) is 4.79 Å². The minimum atomic E-state index is 0. The molecule has 1 heterocycles. The van der Waals surface area contributed by atoms with E-state index < -0.39 is 0 Å². The van der Waals surface area contributed by atoms with Crippen molar-refractivity contribution in [3.63, 3.8) is 0 Å². The molecule has 1 fully saturated rings. The second-order valence-corrected chi connectivity index (χ2v) is 6.79. The van der Waals surface area contributed by atoms with Crippen LogP contribution in [-0.2, 0) is 11.3 Å². The quantitative estimate of drug-likeness (QED) is 0.778. The lowest BCUT2D eigenvalue weighted by Crippen LogP contribution is -2.35. The van der Waals surface area contributed by atoms with Crippen LogP contribution in [0.4, 0.5) is 0 Å². The summed E-state index contributed by atoms with van der Waals surface area (Å²) in [6.45, 7) is 5.01. The van der Waals surface area contributed by atoms with Crippen LogP contribution in [0.2, 0.25) is 0 Å². The van der Waals surface area contributed by atoms with Gasteiger partial charge >= 0.3 is 0 Å². The van der Waals surface area contributed by atoms with Gasteiger partial charge in [-0.1, -0.05) is 19.1 Å². The summed E-state index contributed by atoms with van der Waals surface area (Å²) in [5, 5.41) is 6.46. The van der Waals surface area contributed by atoms with Gasteiger partial charge in [-0.2, -0.15) is 0 Å². The average molecular weight is 343 g/mol. The number of carbonyl (C=O) groups is 1. The molecule has 0 aromatic heterocycles. The van der Waals surface area contributed by atoms with Crippen molar-refractivity contribution < 1.29 is 4.79 Å². The van der Waals surface area contributed by atoms with E-state index >= 15 is 0 Å². The molecular formula is C17H27ClN2OS. The summed E-state index contributed by atoms with van der Waals surface area (Å²) in [4.78, 5) is 13.3. The molecular weight excluding hydrogens is 316 g/mol. The molecule has 5 heteroatoms. The number of thioether (sulfide) groups is 1. The number of halogens is 1. The molecule has 1 aliphatic rings. The average Bonchev–Trinajstić information content (AvgIpc) is 2.54. The minimum Gasteiger partial charge on any atom is -0.352 e. The molecule has 0 aliphatic carbocycles. The zero-order valence-corrected chi connectivity index (χ0v) is 15.1. The Morgan fingerprint density at radius 2 is 2.14 bits per heavy atom. The van der Waals surface area contributed by atoms with Crippen LogP contribution in [0.1, 0.15) is 31.7 Å². The molecule has 2 atom stereocenters. The molecule has 0 spiro atoms. The first kappa shape index (κ1) is 19.3. The molecule has 2 unspecified atom stereocenters. The first-order chi connectivity index (χ1) is 10.2. The predicted octanol–water partition coefficient (Wildman–Crippen LogP) is 3.47. The van der Waals surface area contributed by atoms with Crippen molar-refractivity contribution >= 4 is 30.1 Å². The Hall–Kier alpha value is -0.710. The second-order valence-electron chi connectivity index (χ2n) is 5.91. The van der Waals surface area contributed by atoms with E-state index in [0.717, 1.165) is 18.7 Å². The summed E-state index contributed by atoms with van der Waals surface area (Å²) in [5.41, 5.74) is 1.16. The van der Waals surface area contributed by atoms with E-state index in [-0.39, 0.29) is 18.3 Å². The Morgan fingerprint density at radius 1 is 1.41 bits per heavy atom. The van der Waals surface area contributed by atoms with Crippen LogP contribution in [0.25, 0.3) is 0 Å². The first-order valence-corrected chi connectivity index (χ1v) is 9.02. The highest BCUT2D eigenvalue weighted by Crippen LogP contribution is 2.22. The zero-order valence-electron chi connectivity index (χ0n) is 13.4. The molecule has 1 amide bonds. The maximum atomic E-state index is 12.1. The topological polar surface area (TPSA) is 41.1 Å². The Kier molecular flexibility index (Phi) is 8.91. The Bertz CT molecular complexity index is 446. The third-order valence-electron chi connectivity index (χ3n) is 4.30. The van der Waals surface area contributed by atoms with Gasteiger partial charge in [0, 0.05) is 17.9 Å². The van der Waals surface area contributed by atoms with Gasteiger partial charge in [0.15, 0.2) is 0 Å². The lowest BCUT2D eigenvalue weighted by atomic mass is 9.85. The summed E-state index contributed by atoms with van der Waals surface area (Å²) >= 11 is 1.73. The predicted molar refractivity (Wildman–Crippen MR) is 96.7 cm³/mol. The van der Waals surface area contributed by atoms with Crippen LogP contribution in [-0.4, -0.2) is 25.3 Å². The van der Waals surface area contributed by atoms with E-state index in [0.29, 0.717) is 24.8 Å². The van der Waals surface area contributed by atoms with Gasteiger partial charge in [-0.15, -0.1) is 24.2 Å². The van der Waals surface area contributed by atoms with Crippen molar-refractivity contribution in [3.8, 4) is 0 Å². The maximum Gasteiger partial charge on any atom is 0.220 e. The fourth-order valence-electron chi connectivity index (χ4n) is 2.84. The van der Waals surface area contributed by atoms with Gasteiger partial charge < -0.3 is 10.6 Å². The monoisotopic (exact) mass is 342 g/mol. The smallest absolute Gasteiger partial charge is 0.220 e. The number of piperidine rings is 1. The van der Waals surface area contributed by atoms with Crippen molar-refractivity contribution in [1.29, 1.82) is 0 Å². The SMILES string of the molecule is CSc1ccc(CNC(=O)CC(C)C2CCCNC2)cc1.Cl. The largest absolute Gasteiger partial charge is 0.352 e. The minimum absolute atomic E-state index is 0. The maximum absolute atomic E-state index is 12.1. The van der Waals surface area contributed by atoms with E-state index in [1.54, 1.807) is 11.8 Å². The molecule has 0 bridgehead atoms. The van der Waals surface area contributed by atoms with Gasteiger partial charge in [0.25, 0.3) is 0 Å². The van der Waals surface area contributed by atoms with Crippen molar-refractivity contribution in [2.45, 2.75) is 37.6 Å². The number of hydrogen-bond acceptors (Lipinski definition) is 3. The summed E-state index contributed by atoms with van der Waals surface area (Å²) < 4.78 is 0. The Morgan fingerprint density at radius 3 is 2.73 bits per heavy atom. The number of benzene rings is 1. The van der Waals surface area contributed by atoms with E-state index in [2.05, 4.69) is 48.1 Å². The van der Waals surface area contributed by atoms with Crippen molar-refractivity contribution in [1.82, 2.24) is 10.6 Å². The van der Waals surface area contributed by atoms with Crippen molar-refractivity contribution in [2.75, 3.05) is 19.3 Å². The number of carbonyl (C=O) groups excluding carboxylic acids is 1. The lowest BCUT2D eigenvalue weighted by molar-refractivity contribution is -0.122. The lowest BCUT2D eigenvalue weighted by Gasteiger charge is -2.28. The van der Waals surface area contributed by atoms with Gasteiger partial charge in [0.05, 0.1) is 0 Å². The van der Waals surface area contributed by atoms with Gasteiger partial charge in [0.1, 0.15) is 0 Å². The Labute approximate surface area is 144 Å². The molecule has 2 rings (SSSR count). The molecule has 1 aromatic rings. The number of amides is 1. The Balaban J connectivity index is 0.00000242. The van der Waals surface area contributed by atoms with Gasteiger partial charge in [-0.05, 0) is 61.7 Å². The van der Waals surface area contributed by atoms with Crippen LogP contribution >= 0.6 is 24.2 Å². The van der Waals surface area contributed by atoms with Crippen LogP contribution < -0.4 is 10.6 Å². The van der Waals surface area contributed by atoms with E-state index in [1.807, 2.05) is 0 Å². The molecule has 0 radical (unpaired) electrons. The molecule has 1 saturated heterocycles. The van der Waals surface area contributed by atoms with Crippen LogP contribution in [0, 0.1) is 11.8 Å². The van der Waals surface area contributed by atoms with Gasteiger partial charge in [-0.25, -0.2) is 0 Å². The summed E-state index contributed by atoms with van der Waals surface area (Å²) in [6, 6.07) is 8.37. The molecule has 0 saturated carbocycles. The fourth-order valence-corrected chi connectivity index (χ4v) is 3.25. The molecule has 3 nitrogen and oxygen atoms in total. The van der Waals surface area contributed by atoms with Gasteiger partial charge in [-0.3, -0.25) is 4.79 Å². The molecule has 124 valence electrons. The highest BCUT2D eigenvalue weighted by Gasteiger charge is 2.21. The number of nitrogens with one attached hydrogen (secondary N) is 2. The van der Waals surface area contributed by atoms with Gasteiger partial charge in [0.2, 0.25) is 5.91 Å². The fraction of sp³-hybridized carbons (Fsp3) is 0.588. The van der Waals surface area contributed by atoms with Crippen LogP contribution in [0.3, 0.4) is 0 Å². The van der Waals surface area contributed by atoms with E-state index in [1.165, 1.54) is 17.7 Å². The first-order valence-electron chi connectivity index (χ1n) is 7.79. The summed E-state index contributed by atoms with van der Waals surface area (Å²) in [5.74, 6) is 1.27. The van der Waals surface area contributed by atoms with Crippen LogP contribution in [0.5, 0.6) is 0 Å². The standard InChI is InChI=1S/C17H26N2OS.ClH/c1-13(15-4-3-9-18-12-15)10-17(20)19-11-14-5-7-16(21-2)8-6-14;/h5-8,13,15,18H,3-4,9-12H2,1-2H3,(H,19,20);1H. The number of hydrogen-bond donors (Lipinski definition) is 2. The number of rotatable bonds is 6. The van der Waals surface area contributed by atoms with Crippen molar-refractivity contribution in [2.24, 2.45) is 11.8 Å². The summed E-state index contributed by atoms with van der Waals surface area (Å²) in [7, 11) is 0. The van der Waals surface area contributed by atoms with E-state index in [4.69, 9.17) is 0 Å². The molecule has 1 aliphatic heterocycles. The van der Waals surface area contributed by atoms with Crippen molar-refractivity contribution in [3.05, 3.63) is 29.8 Å². The molecule has 22 heavy (non-hydrogen) atoms. The van der Waals surface area contributed by atoms with Crippen LogP contribution in [0.15, 0.2) is 29.2 Å². The third-order valence-corrected chi connectivity index (χ3v) is 5.04. The highest BCUT2D eigenvalue weighted by atomic mass is 35.5. The normalized spacial score (nSPS) is 19.1.